The number of likely N-dealkylation sites (tertiary alicyclic amines) is 1. The van der Waals surface area contributed by atoms with Crippen molar-refractivity contribution in [2.45, 2.75) is 45.4 Å². The molecule has 0 aliphatic carbocycles. The van der Waals surface area contributed by atoms with Gasteiger partial charge in [0.1, 0.15) is 5.76 Å². The normalized spacial score (nSPS) is 22.9. The molecule has 1 spiro atoms. The molecule has 2 aliphatic heterocycles. The standard InChI is InChI=1S/C20H27N3O3/c1-16-9-18(22-26-16)12-23-7-4-20(5-8-23)10-19(25-15-20)14-24-13-17-3-2-6-21-11-17/h2-3,6,9,11,19H,4-5,7-8,10,12-15H2,1H3. The average molecular weight is 357 g/mol. The quantitative estimate of drug-likeness (QED) is 0.792. The Morgan fingerprint density at radius 1 is 1.35 bits per heavy atom. The first-order valence-electron chi connectivity index (χ1n) is 9.44. The van der Waals surface area contributed by atoms with Gasteiger partial charge in [0.05, 0.1) is 31.6 Å². The maximum Gasteiger partial charge on any atom is 0.133 e. The van der Waals surface area contributed by atoms with E-state index < -0.39 is 0 Å². The van der Waals surface area contributed by atoms with E-state index in [1.807, 2.05) is 31.3 Å². The van der Waals surface area contributed by atoms with Gasteiger partial charge >= 0.3 is 0 Å². The van der Waals surface area contributed by atoms with Crippen LogP contribution in [-0.2, 0) is 22.6 Å². The van der Waals surface area contributed by atoms with Crippen LogP contribution in [0.25, 0.3) is 0 Å². The molecular weight excluding hydrogens is 330 g/mol. The van der Waals surface area contributed by atoms with Crippen molar-refractivity contribution in [3.63, 3.8) is 0 Å². The minimum atomic E-state index is 0.219. The molecule has 2 aromatic heterocycles. The van der Waals surface area contributed by atoms with Gasteiger partial charge in [0.25, 0.3) is 0 Å². The summed E-state index contributed by atoms with van der Waals surface area (Å²) in [5, 5.41) is 4.11. The van der Waals surface area contributed by atoms with E-state index in [1.165, 1.54) is 12.8 Å². The Morgan fingerprint density at radius 2 is 2.23 bits per heavy atom. The van der Waals surface area contributed by atoms with Gasteiger partial charge in [-0.05, 0) is 56.3 Å². The second-order valence-electron chi connectivity index (χ2n) is 7.72. The van der Waals surface area contributed by atoms with Gasteiger partial charge in [-0.2, -0.15) is 0 Å². The lowest BCUT2D eigenvalue weighted by molar-refractivity contribution is 0.00625. The summed E-state index contributed by atoms with van der Waals surface area (Å²) in [7, 11) is 0. The Bertz CT molecular complexity index is 695. The van der Waals surface area contributed by atoms with E-state index in [1.54, 1.807) is 6.20 Å². The van der Waals surface area contributed by atoms with Gasteiger partial charge in [-0.15, -0.1) is 0 Å². The zero-order chi connectivity index (χ0) is 17.8. The summed E-state index contributed by atoms with van der Waals surface area (Å²) in [5.74, 6) is 0.881. The molecule has 2 saturated heterocycles. The number of piperidine rings is 1. The van der Waals surface area contributed by atoms with Crippen molar-refractivity contribution in [1.29, 1.82) is 0 Å². The zero-order valence-electron chi connectivity index (χ0n) is 15.4. The molecule has 0 amide bonds. The molecule has 2 aliphatic rings. The molecule has 0 aromatic carbocycles. The van der Waals surface area contributed by atoms with Gasteiger partial charge < -0.3 is 14.0 Å². The Balaban J connectivity index is 1.20. The number of pyridine rings is 1. The molecule has 140 valence electrons. The number of aryl methyl sites for hydroxylation is 1. The lowest BCUT2D eigenvalue weighted by atomic mass is 9.76. The summed E-state index contributed by atoms with van der Waals surface area (Å²) >= 11 is 0. The van der Waals surface area contributed by atoms with Crippen molar-refractivity contribution in [2.24, 2.45) is 5.41 Å². The van der Waals surface area contributed by atoms with Crippen LogP contribution in [0.2, 0.25) is 0 Å². The fourth-order valence-electron chi connectivity index (χ4n) is 4.05. The SMILES string of the molecule is Cc1cc(CN2CCC3(CC2)COC(COCc2cccnc2)C3)no1. The number of hydrogen-bond donors (Lipinski definition) is 0. The van der Waals surface area contributed by atoms with Gasteiger partial charge in [0, 0.05) is 25.0 Å². The first-order valence-corrected chi connectivity index (χ1v) is 9.44. The average Bonchev–Trinajstić information content (AvgIpc) is 3.25. The highest BCUT2D eigenvalue weighted by Crippen LogP contribution is 2.42. The van der Waals surface area contributed by atoms with Crippen molar-refractivity contribution in [2.75, 3.05) is 26.3 Å². The molecular formula is C20H27N3O3. The van der Waals surface area contributed by atoms with Crippen LogP contribution in [-0.4, -0.2) is 47.4 Å². The minimum Gasteiger partial charge on any atom is -0.375 e. The maximum absolute atomic E-state index is 6.05. The van der Waals surface area contributed by atoms with Crippen LogP contribution in [0.3, 0.4) is 0 Å². The molecule has 4 rings (SSSR count). The van der Waals surface area contributed by atoms with Crippen LogP contribution < -0.4 is 0 Å². The van der Waals surface area contributed by atoms with E-state index in [9.17, 15) is 0 Å². The highest BCUT2D eigenvalue weighted by Gasteiger charge is 2.42. The summed E-state index contributed by atoms with van der Waals surface area (Å²) < 4.78 is 17.1. The smallest absolute Gasteiger partial charge is 0.133 e. The van der Waals surface area contributed by atoms with E-state index >= 15 is 0 Å². The Kier molecular flexibility index (Phi) is 5.33. The van der Waals surface area contributed by atoms with Gasteiger partial charge in [-0.1, -0.05) is 11.2 Å². The molecule has 1 atom stereocenters. The third-order valence-electron chi connectivity index (χ3n) is 5.56. The van der Waals surface area contributed by atoms with Gasteiger partial charge in [-0.25, -0.2) is 0 Å². The van der Waals surface area contributed by atoms with Crippen molar-refractivity contribution in [3.05, 3.63) is 47.6 Å². The molecule has 26 heavy (non-hydrogen) atoms. The van der Waals surface area contributed by atoms with Crippen LogP contribution >= 0.6 is 0 Å². The Labute approximate surface area is 154 Å². The third-order valence-corrected chi connectivity index (χ3v) is 5.56. The number of nitrogens with zero attached hydrogens (tertiary/aromatic N) is 3. The number of rotatable bonds is 6. The molecule has 1 unspecified atom stereocenters. The van der Waals surface area contributed by atoms with Crippen molar-refractivity contribution in [1.82, 2.24) is 15.0 Å². The van der Waals surface area contributed by atoms with Gasteiger partial charge in [0.15, 0.2) is 0 Å². The predicted molar refractivity (Wildman–Crippen MR) is 96.4 cm³/mol. The van der Waals surface area contributed by atoms with E-state index in [4.69, 9.17) is 14.0 Å². The largest absolute Gasteiger partial charge is 0.375 e. The topological polar surface area (TPSA) is 60.6 Å². The predicted octanol–water partition coefficient (Wildman–Crippen LogP) is 2.97. The van der Waals surface area contributed by atoms with Gasteiger partial charge in [-0.3, -0.25) is 9.88 Å². The fourth-order valence-corrected chi connectivity index (χ4v) is 4.05. The number of hydrogen-bond acceptors (Lipinski definition) is 6. The monoisotopic (exact) mass is 357 g/mol. The summed E-state index contributed by atoms with van der Waals surface area (Å²) in [5.41, 5.74) is 2.47. The summed E-state index contributed by atoms with van der Waals surface area (Å²) in [6.07, 6.45) is 7.33. The van der Waals surface area contributed by atoms with Crippen molar-refractivity contribution in [3.8, 4) is 0 Å². The summed E-state index contributed by atoms with van der Waals surface area (Å²) in [4.78, 5) is 6.58. The molecule has 6 heteroatoms. The van der Waals surface area contributed by atoms with E-state index in [0.717, 1.165) is 49.7 Å². The highest BCUT2D eigenvalue weighted by molar-refractivity contribution is 5.07. The van der Waals surface area contributed by atoms with Gasteiger partial charge in [0.2, 0.25) is 0 Å². The van der Waals surface area contributed by atoms with Crippen LogP contribution in [0.15, 0.2) is 35.1 Å². The number of ether oxygens (including phenoxy) is 2. The van der Waals surface area contributed by atoms with Crippen LogP contribution in [0.5, 0.6) is 0 Å². The van der Waals surface area contributed by atoms with Crippen LogP contribution in [0, 0.1) is 12.3 Å². The zero-order valence-corrected chi connectivity index (χ0v) is 15.4. The molecule has 2 fully saturated rings. The second-order valence-corrected chi connectivity index (χ2v) is 7.72. The lowest BCUT2D eigenvalue weighted by Crippen LogP contribution is -2.40. The van der Waals surface area contributed by atoms with Crippen molar-refractivity contribution < 1.29 is 14.0 Å². The van der Waals surface area contributed by atoms with E-state index in [2.05, 4.69) is 15.0 Å². The Hall–Kier alpha value is -1.76. The third kappa shape index (κ3) is 4.31. The number of aromatic nitrogens is 2. The van der Waals surface area contributed by atoms with E-state index in [-0.39, 0.29) is 6.10 Å². The second kappa shape index (κ2) is 7.86. The lowest BCUT2D eigenvalue weighted by Gasteiger charge is -2.38. The fraction of sp³-hybridized carbons (Fsp3) is 0.600. The molecule has 0 N–H and O–H groups in total. The maximum atomic E-state index is 6.05. The summed E-state index contributed by atoms with van der Waals surface area (Å²) in [6.45, 7) is 7.14. The Morgan fingerprint density at radius 3 is 2.96 bits per heavy atom. The first-order chi connectivity index (χ1) is 12.7. The molecule has 2 aromatic rings. The molecule has 0 saturated carbocycles. The molecule has 6 nitrogen and oxygen atoms in total. The highest BCUT2D eigenvalue weighted by atomic mass is 16.5. The van der Waals surface area contributed by atoms with Crippen LogP contribution in [0.4, 0.5) is 0 Å². The minimum absolute atomic E-state index is 0.219. The molecule has 0 bridgehead atoms. The first kappa shape index (κ1) is 17.6. The molecule has 0 radical (unpaired) electrons. The summed E-state index contributed by atoms with van der Waals surface area (Å²) in [6, 6.07) is 6.00. The van der Waals surface area contributed by atoms with Crippen molar-refractivity contribution >= 4 is 0 Å². The van der Waals surface area contributed by atoms with Crippen LogP contribution in [0.1, 0.15) is 36.3 Å². The van der Waals surface area contributed by atoms with E-state index in [0.29, 0.717) is 18.6 Å². The molecule has 4 heterocycles.